The van der Waals surface area contributed by atoms with E-state index in [1.807, 2.05) is 0 Å². The van der Waals surface area contributed by atoms with Crippen molar-refractivity contribution in [3.63, 3.8) is 0 Å². The van der Waals surface area contributed by atoms with E-state index in [-0.39, 0.29) is 5.54 Å². The Morgan fingerprint density at radius 3 is 2.48 bits per heavy atom. The monoisotopic (exact) mass is 286 g/mol. The van der Waals surface area contributed by atoms with Gasteiger partial charge in [0.2, 0.25) is 0 Å². The van der Waals surface area contributed by atoms with Crippen LogP contribution in [0.15, 0.2) is 30.3 Å². The van der Waals surface area contributed by atoms with Crippen molar-refractivity contribution in [2.75, 3.05) is 40.3 Å². The minimum Gasteiger partial charge on any atom is -0.308 e. The van der Waals surface area contributed by atoms with Gasteiger partial charge < -0.3 is 4.90 Å². The SMILES string of the molecule is CN(C)CCNC1(C#N)CCN(Cc2ccccc2)CC1. The summed E-state index contributed by atoms with van der Waals surface area (Å²) in [6.45, 7) is 4.80. The number of likely N-dealkylation sites (N-methyl/N-ethyl adjacent to an activating group) is 1. The predicted octanol–water partition coefficient (Wildman–Crippen LogP) is 1.70. The topological polar surface area (TPSA) is 42.3 Å². The Labute approximate surface area is 128 Å². The Hall–Kier alpha value is -1.41. The molecule has 0 spiro atoms. The molecule has 1 saturated heterocycles. The van der Waals surface area contributed by atoms with Crippen molar-refractivity contribution in [2.45, 2.75) is 24.9 Å². The van der Waals surface area contributed by atoms with Crippen molar-refractivity contribution in [3.8, 4) is 6.07 Å². The van der Waals surface area contributed by atoms with Gasteiger partial charge in [0.05, 0.1) is 6.07 Å². The predicted molar refractivity (Wildman–Crippen MR) is 85.9 cm³/mol. The Kier molecular flexibility index (Phi) is 5.75. The van der Waals surface area contributed by atoms with Gasteiger partial charge in [-0.05, 0) is 32.5 Å². The summed E-state index contributed by atoms with van der Waals surface area (Å²) in [6, 6.07) is 13.1. The molecule has 1 heterocycles. The zero-order chi connectivity index (χ0) is 15.1. The molecule has 0 radical (unpaired) electrons. The maximum Gasteiger partial charge on any atom is 0.109 e. The van der Waals surface area contributed by atoms with Crippen molar-refractivity contribution >= 4 is 0 Å². The number of nitrogens with zero attached hydrogens (tertiary/aromatic N) is 3. The van der Waals surface area contributed by atoms with Gasteiger partial charge in [0.1, 0.15) is 5.54 Å². The Balaban J connectivity index is 1.81. The molecule has 1 aromatic rings. The van der Waals surface area contributed by atoms with Gasteiger partial charge in [0.15, 0.2) is 0 Å². The van der Waals surface area contributed by atoms with Crippen molar-refractivity contribution in [1.82, 2.24) is 15.1 Å². The molecule has 21 heavy (non-hydrogen) atoms. The summed E-state index contributed by atoms with van der Waals surface area (Å²) in [6.07, 6.45) is 1.81. The van der Waals surface area contributed by atoms with Crippen molar-refractivity contribution in [2.24, 2.45) is 0 Å². The third kappa shape index (κ3) is 4.82. The summed E-state index contributed by atoms with van der Waals surface area (Å²) < 4.78 is 0. The van der Waals surface area contributed by atoms with Gasteiger partial charge in [0, 0.05) is 32.7 Å². The number of nitrogens with one attached hydrogen (secondary N) is 1. The molecule has 4 heteroatoms. The van der Waals surface area contributed by atoms with Crippen LogP contribution in [-0.4, -0.2) is 55.6 Å². The van der Waals surface area contributed by atoms with Crippen LogP contribution < -0.4 is 5.32 Å². The summed E-state index contributed by atoms with van der Waals surface area (Å²) in [5.74, 6) is 0. The number of likely N-dealkylation sites (tertiary alicyclic amines) is 1. The third-order valence-corrected chi connectivity index (χ3v) is 4.20. The molecule has 0 saturated carbocycles. The van der Waals surface area contributed by atoms with Crippen molar-refractivity contribution in [1.29, 1.82) is 5.26 Å². The van der Waals surface area contributed by atoms with E-state index in [9.17, 15) is 5.26 Å². The second-order valence-corrected chi connectivity index (χ2v) is 6.19. The molecule has 4 nitrogen and oxygen atoms in total. The smallest absolute Gasteiger partial charge is 0.109 e. The third-order valence-electron chi connectivity index (χ3n) is 4.20. The number of nitriles is 1. The first-order valence-electron chi connectivity index (χ1n) is 7.71. The van der Waals surface area contributed by atoms with Gasteiger partial charge in [0.25, 0.3) is 0 Å². The van der Waals surface area contributed by atoms with Crippen LogP contribution >= 0.6 is 0 Å². The fourth-order valence-electron chi connectivity index (χ4n) is 2.78. The van der Waals surface area contributed by atoms with E-state index in [1.165, 1.54) is 5.56 Å². The number of rotatable bonds is 6. The first kappa shape index (κ1) is 16.0. The van der Waals surface area contributed by atoms with E-state index >= 15 is 0 Å². The highest BCUT2D eigenvalue weighted by Gasteiger charge is 2.33. The summed E-state index contributed by atoms with van der Waals surface area (Å²) in [4.78, 5) is 4.58. The normalized spacial score (nSPS) is 18.6. The van der Waals surface area contributed by atoms with Crippen molar-refractivity contribution in [3.05, 3.63) is 35.9 Å². The van der Waals surface area contributed by atoms with Crippen LogP contribution in [0.4, 0.5) is 0 Å². The van der Waals surface area contributed by atoms with Crippen LogP contribution in [0, 0.1) is 11.3 Å². The molecular weight excluding hydrogens is 260 g/mol. The van der Waals surface area contributed by atoms with Gasteiger partial charge in [-0.2, -0.15) is 5.26 Å². The van der Waals surface area contributed by atoms with Gasteiger partial charge in [-0.1, -0.05) is 30.3 Å². The van der Waals surface area contributed by atoms with Gasteiger partial charge in [-0.3, -0.25) is 10.2 Å². The lowest BCUT2D eigenvalue weighted by atomic mass is 9.88. The molecule has 0 atom stereocenters. The molecule has 0 aliphatic carbocycles. The summed E-state index contributed by atoms with van der Waals surface area (Å²) in [7, 11) is 4.12. The van der Waals surface area contributed by atoms with E-state index in [4.69, 9.17) is 0 Å². The fourth-order valence-corrected chi connectivity index (χ4v) is 2.78. The Morgan fingerprint density at radius 2 is 1.90 bits per heavy atom. The highest BCUT2D eigenvalue weighted by molar-refractivity contribution is 5.15. The summed E-state index contributed by atoms with van der Waals surface area (Å²) in [5, 5.41) is 13.0. The average Bonchev–Trinajstić information content (AvgIpc) is 2.50. The average molecular weight is 286 g/mol. The number of piperidine rings is 1. The van der Waals surface area contributed by atoms with E-state index in [0.29, 0.717) is 0 Å². The molecule has 0 bridgehead atoms. The molecule has 114 valence electrons. The lowest BCUT2D eigenvalue weighted by molar-refractivity contribution is 0.158. The molecular formula is C17H26N4. The molecule has 1 aliphatic heterocycles. The van der Waals surface area contributed by atoms with Crippen LogP contribution in [0.2, 0.25) is 0 Å². The molecule has 1 aliphatic rings. The number of hydrogen-bond acceptors (Lipinski definition) is 4. The first-order valence-corrected chi connectivity index (χ1v) is 7.71. The quantitative estimate of drug-likeness (QED) is 0.864. The Bertz CT molecular complexity index is 455. The number of benzene rings is 1. The lowest BCUT2D eigenvalue weighted by Crippen LogP contribution is -2.53. The van der Waals surface area contributed by atoms with E-state index in [0.717, 1.165) is 45.6 Å². The highest BCUT2D eigenvalue weighted by atomic mass is 15.2. The van der Waals surface area contributed by atoms with E-state index in [1.54, 1.807) is 0 Å². The zero-order valence-corrected chi connectivity index (χ0v) is 13.2. The molecule has 1 fully saturated rings. The van der Waals surface area contributed by atoms with Crippen molar-refractivity contribution < 1.29 is 0 Å². The molecule has 0 aromatic heterocycles. The number of hydrogen-bond donors (Lipinski definition) is 1. The summed E-state index contributed by atoms with van der Waals surface area (Å²) >= 11 is 0. The molecule has 0 amide bonds. The minimum absolute atomic E-state index is 0.330. The second-order valence-electron chi connectivity index (χ2n) is 6.19. The maximum atomic E-state index is 9.54. The minimum atomic E-state index is -0.330. The van der Waals surface area contributed by atoms with Crippen LogP contribution in [0.3, 0.4) is 0 Å². The second kappa shape index (κ2) is 7.56. The molecule has 1 aromatic carbocycles. The van der Waals surface area contributed by atoms with Crippen LogP contribution in [0.25, 0.3) is 0 Å². The summed E-state index contributed by atoms with van der Waals surface area (Å²) in [5.41, 5.74) is 1.02. The van der Waals surface area contributed by atoms with E-state index < -0.39 is 0 Å². The first-order chi connectivity index (χ1) is 10.1. The molecule has 0 unspecified atom stereocenters. The van der Waals surface area contributed by atoms with Gasteiger partial charge in [-0.25, -0.2) is 0 Å². The standard InChI is InChI=1S/C17H26N4/c1-20(2)13-10-19-17(15-18)8-11-21(12-9-17)14-16-6-4-3-5-7-16/h3-7,19H,8-14H2,1-2H3. The van der Waals surface area contributed by atoms with Crippen LogP contribution in [-0.2, 0) is 6.54 Å². The van der Waals surface area contributed by atoms with Crippen LogP contribution in [0.5, 0.6) is 0 Å². The highest BCUT2D eigenvalue weighted by Crippen LogP contribution is 2.22. The molecule has 1 N–H and O–H groups in total. The Morgan fingerprint density at radius 1 is 1.24 bits per heavy atom. The maximum absolute atomic E-state index is 9.54. The van der Waals surface area contributed by atoms with E-state index in [2.05, 4.69) is 65.6 Å². The van der Waals surface area contributed by atoms with Gasteiger partial charge >= 0.3 is 0 Å². The molecule has 2 rings (SSSR count). The van der Waals surface area contributed by atoms with Crippen LogP contribution in [0.1, 0.15) is 18.4 Å². The fraction of sp³-hybridized carbons (Fsp3) is 0.588. The lowest BCUT2D eigenvalue weighted by Gasteiger charge is -2.38. The largest absolute Gasteiger partial charge is 0.308 e. The zero-order valence-electron chi connectivity index (χ0n) is 13.2. The van der Waals surface area contributed by atoms with Gasteiger partial charge in [-0.15, -0.1) is 0 Å².